The van der Waals surface area contributed by atoms with Gasteiger partial charge in [0.25, 0.3) is 0 Å². The van der Waals surface area contributed by atoms with Crippen LogP contribution in [0.3, 0.4) is 0 Å². The molecule has 0 spiro atoms. The standard InChI is InChI=1S/C7H15NO3/c1-8(2)5-6(9)4-7(10)11-3/h6,9H,4-5H2,1-3H3/t6-/m1/s1. The van der Waals surface area contributed by atoms with Crippen LogP contribution in [0.15, 0.2) is 0 Å². The molecule has 0 aromatic heterocycles. The van der Waals surface area contributed by atoms with Crippen LogP contribution in [0, 0.1) is 0 Å². The molecule has 0 saturated carbocycles. The fourth-order valence-corrected chi connectivity index (χ4v) is 0.762. The van der Waals surface area contributed by atoms with Gasteiger partial charge in [0.1, 0.15) is 0 Å². The van der Waals surface area contributed by atoms with Gasteiger partial charge in [0.15, 0.2) is 0 Å². The summed E-state index contributed by atoms with van der Waals surface area (Å²) in [4.78, 5) is 12.4. The summed E-state index contributed by atoms with van der Waals surface area (Å²) in [6.45, 7) is 0.481. The normalized spacial score (nSPS) is 13.2. The van der Waals surface area contributed by atoms with Crippen LogP contribution in [0.2, 0.25) is 0 Å². The Labute approximate surface area is 66.8 Å². The van der Waals surface area contributed by atoms with Crippen LogP contribution in [-0.2, 0) is 9.53 Å². The molecule has 0 heterocycles. The molecule has 0 saturated heterocycles. The molecular weight excluding hydrogens is 146 g/mol. The molecule has 0 unspecified atom stereocenters. The number of hydrogen-bond donors (Lipinski definition) is 1. The Morgan fingerprint density at radius 1 is 1.64 bits per heavy atom. The van der Waals surface area contributed by atoms with Gasteiger partial charge >= 0.3 is 5.97 Å². The van der Waals surface area contributed by atoms with Crippen molar-refractivity contribution in [2.45, 2.75) is 12.5 Å². The fraction of sp³-hybridized carbons (Fsp3) is 0.857. The van der Waals surface area contributed by atoms with E-state index in [1.165, 1.54) is 7.11 Å². The smallest absolute Gasteiger partial charge is 0.308 e. The predicted octanol–water partition coefficient (Wildman–Crippen LogP) is -0.528. The zero-order valence-corrected chi connectivity index (χ0v) is 7.20. The molecule has 0 amide bonds. The Hall–Kier alpha value is -0.610. The molecule has 11 heavy (non-hydrogen) atoms. The van der Waals surface area contributed by atoms with Gasteiger partial charge in [-0.25, -0.2) is 0 Å². The number of nitrogens with zero attached hydrogens (tertiary/aromatic N) is 1. The molecular formula is C7H15NO3. The quantitative estimate of drug-likeness (QED) is 0.563. The first-order valence-corrected chi connectivity index (χ1v) is 3.46. The summed E-state index contributed by atoms with van der Waals surface area (Å²) < 4.78 is 4.38. The van der Waals surface area contributed by atoms with Crippen molar-refractivity contribution in [3.63, 3.8) is 0 Å². The second-order valence-corrected chi connectivity index (χ2v) is 2.70. The van der Waals surface area contributed by atoms with Gasteiger partial charge in [0.05, 0.1) is 19.6 Å². The number of aliphatic hydroxyl groups excluding tert-OH is 1. The van der Waals surface area contributed by atoms with E-state index >= 15 is 0 Å². The van der Waals surface area contributed by atoms with Crippen molar-refractivity contribution in [3.05, 3.63) is 0 Å². The Bertz CT molecular complexity index is 125. The highest BCUT2D eigenvalue weighted by Crippen LogP contribution is 1.94. The summed E-state index contributed by atoms with van der Waals surface area (Å²) in [5, 5.41) is 9.18. The van der Waals surface area contributed by atoms with Gasteiger partial charge in [-0.1, -0.05) is 0 Å². The Morgan fingerprint density at radius 2 is 2.18 bits per heavy atom. The Kier molecular flexibility index (Phi) is 4.81. The highest BCUT2D eigenvalue weighted by atomic mass is 16.5. The summed E-state index contributed by atoms with van der Waals surface area (Å²) in [7, 11) is 4.98. The van der Waals surface area contributed by atoms with Crippen LogP contribution in [0.5, 0.6) is 0 Å². The van der Waals surface area contributed by atoms with E-state index in [-0.39, 0.29) is 12.4 Å². The second-order valence-electron chi connectivity index (χ2n) is 2.70. The zero-order chi connectivity index (χ0) is 8.85. The minimum Gasteiger partial charge on any atom is -0.469 e. The number of esters is 1. The van der Waals surface area contributed by atoms with Crippen LogP contribution >= 0.6 is 0 Å². The lowest BCUT2D eigenvalue weighted by Gasteiger charge is -2.14. The van der Waals surface area contributed by atoms with Gasteiger partial charge in [-0.2, -0.15) is 0 Å². The maximum atomic E-state index is 10.6. The highest BCUT2D eigenvalue weighted by Gasteiger charge is 2.10. The SMILES string of the molecule is COC(=O)C[C@@H](O)CN(C)C. The molecule has 0 radical (unpaired) electrons. The lowest BCUT2D eigenvalue weighted by atomic mass is 10.2. The summed E-state index contributed by atoms with van der Waals surface area (Å²) in [6, 6.07) is 0. The van der Waals surface area contributed by atoms with E-state index in [9.17, 15) is 9.90 Å². The Morgan fingerprint density at radius 3 is 2.55 bits per heavy atom. The summed E-state index contributed by atoms with van der Waals surface area (Å²) >= 11 is 0. The molecule has 0 aliphatic rings. The number of likely N-dealkylation sites (N-methyl/N-ethyl adjacent to an activating group) is 1. The molecule has 0 aliphatic carbocycles. The average Bonchev–Trinajstić information content (AvgIpc) is 1.85. The first-order valence-electron chi connectivity index (χ1n) is 3.46. The molecule has 0 bridgehead atoms. The molecule has 0 rings (SSSR count). The molecule has 66 valence electrons. The van der Waals surface area contributed by atoms with E-state index in [1.54, 1.807) is 0 Å². The third kappa shape index (κ3) is 5.82. The fourth-order valence-electron chi connectivity index (χ4n) is 0.762. The van der Waals surface area contributed by atoms with Gasteiger partial charge in [-0.15, -0.1) is 0 Å². The largest absolute Gasteiger partial charge is 0.469 e. The number of aliphatic hydroxyl groups is 1. The monoisotopic (exact) mass is 161 g/mol. The van der Waals surface area contributed by atoms with E-state index in [0.717, 1.165) is 0 Å². The molecule has 4 heteroatoms. The number of hydrogen-bond acceptors (Lipinski definition) is 4. The number of ether oxygens (including phenoxy) is 1. The van der Waals surface area contributed by atoms with Crippen molar-refractivity contribution in [1.82, 2.24) is 4.90 Å². The van der Waals surface area contributed by atoms with Crippen molar-refractivity contribution in [2.24, 2.45) is 0 Å². The highest BCUT2D eigenvalue weighted by molar-refractivity contribution is 5.69. The van der Waals surface area contributed by atoms with Crippen molar-refractivity contribution < 1.29 is 14.6 Å². The zero-order valence-electron chi connectivity index (χ0n) is 7.20. The number of carbonyl (C=O) groups is 1. The van der Waals surface area contributed by atoms with Crippen molar-refractivity contribution in [3.8, 4) is 0 Å². The van der Waals surface area contributed by atoms with Crippen molar-refractivity contribution in [2.75, 3.05) is 27.7 Å². The minimum atomic E-state index is -0.627. The Balaban J connectivity index is 3.51. The summed E-state index contributed by atoms with van der Waals surface area (Å²) in [6.07, 6.45) is -0.563. The van der Waals surface area contributed by atoms with Crippen LogP contribution in [0.1, 0.15) is 6.42 Å². The van der Waals surface area contributed by atoms with E-state index in [1.807, 2.05) is 19.0 Å². The number of methoxy groups -OCH3 is 1. The van der Waals surface area contributed by atoms with E-state index < -0.39 is 6.10 Å². The van der Waals surface area contributed by atoms with E-state index in [2.05, 4.69) is 4.74 Å². The van der Waals surface area contributed by atoms with Crippen molar-refractivity contribution >= 4 is 5.97 Å². The first-order chi connectivity index (χ1) is 5.06. The predicted molar refractivity (Wildman–Crippen MR) is 41.2 cm³/mol. The molecule has 0 aromatic rings. The molecule has 4 nitrogen and oxygen atoms in total. The maximum Gasteiger partial charge on any atom is 0.308 e. The number of rotatable bonds is 4. The maximum absolute atomic E-state index is 10.6. The molecule has 1 atom stereocenters. The van der Waals surface area contributed by atoms with Gasteiger partial charge < -0.3 is 14.7 Å². The molecule has 1 N–H and O–H groups in total. The van der Waals surface area contributed by atoms with Crippen molar-refractivity contribution in [1.29, 1.82) is 0 Å². The minimum absolute atomic E-state index is 0.0642. The molecule has 0 aromatic carbocycles. The summed E-state index contributed by atoms with van der Waals surface area (Å²) in [5.74, 6) is -0.376. The van der Waals surface area contributed by atoms with Gasteiger partial charge in [-0.3, -0.25) is 4.79 Å². The molecule has 0 aliphatic heterocycles. The van der Waals surface area contributed by atoms with E-state index in [0.29, 0.717) is 6.54 Å². The van der Waals surface area contributed by atoms with E-state index in [4.69, 9.17) is 0 Å². The van der Waals surface area contributed by atoms with Crippen LogP contribution in [0.25, 0.3) is 0 Å². The van der Waals surface area contributed by atoms with Gasteiger partial charge in [0.2, 0.25) is 0 Å². The van der Waals surface area contributed by atoms with Crippen LogP contribution in [0.4, 0.5) is 0 Å². The topological polar surface area (TPSA) is 49.8 Å². The average molecular weight is 161 g/mol. The number of carbonyl (C=O) groups excluding carboxylic acids is 1. The summed E-state index contributed by atoms with van der Waals surface area (Å²) in [5.41, 5.74) is 0. The van der Waals surface area contributed by atoms with Gasteiger partial charge in [0, 0.05) is 6.54 Å². The van der Waals surface area contributed by atoms with Crippen LogP contribution in [-0.4, -0.2) is 49.8 Å². The van der Waals surface area contributed by atoms with Gasteiger partial charge in [-0.05, 0) is 14.1 Å². The first kappa shape index (κ1) is 10.4. The lowest BCUT2D eigenvalue weighted by molar-refractivity contribution is -0.142. The molecule has 0 fully saturated rings. The third-order valence-electron chi connectivity index (χ3n) is 1.21. The lowest BCUT2D eigenvalue weighted by Crippen LogP contribution is -2.28. The third-order valence-corrected chi connectivity index (χ3v) is 1.21. The second kappa shape index (κ2) is 5.09. The van der Waals surface area contributed by atoms with Crippen LogP contribution < -0.4 is 0 Å².